The maximum absolute atomic E-state index is 5.94. The molecule has 3 nitrogen and oxygen atoms in total. The Morgan fingerprint density at radius 1 is 1.56 bits per heavy atom. The molecule has 1 rings (SSSR count). The Balaban J connectivity index is 3.20. The molecule has 0 amide bonds. The molecule has 0 saturated carbocycles. The molecule has 2 atom stereocenters. The molecule has 98 valence electrons. The molecule has 18 heavy (non-hydrogen) atoms. The van der Waals surface area contributed by atoms with E-state index in [1.54, 1.807) is 6.08 Å². The molecule has 0 aromatic rings. The number of rotatable bonds is 3. The molecule has 0 aromatic carbocycles. The van der Waals surface area contributed by atoms with E-state index in [4.69, 9.17) is 4.74 Å². The van der Waals surface area contributed by atoms with E-state index in [1.165, 1.54) is 23.4 Å². The van der Waals surface area contributed by atoms with Crippen molar-refractivity contribution in [1.82, 2.24) is 5.32 Å². The first-order chi connectivity index (χ1) is 8.54. The van der Waals surface area contributed by atoms with Crippen LogP contribution in [0.2, 0.25) is 0 Å². The Hall–Kier alpha value is -0.792. The van der Waals surface area contributed by atoms with Crippen LogP contribution in [-0.2, 0) is 24.1 Å². The number of hydrogen-bond donors (Lipinski definition) is 1. The molecular formula is C14H20N2OW. The normalized spacial score (nSPS) is 30.6. The van der Waals surface area contributed by atoms with Crippen molar-refractivity contribution < 1.29 is 24.1 Å². The second kappa shape index (κ2) is 6.96. The van der Waals surface area contributed by atoms with Crippen LogP contribution in [-0.4, -0.2) is 28.9 Å². The number of nitrogens with zero attached hydrogens (tertiary/aromatic N) is 1. The van der Waals surface area contributed by atoms with E-state index in [0.717, 1.165) is 17.0 Å². The molecule has 1 fully saturated rings. The second-order valence-corrected chi connectivity index (χ2v) is 6.28. The molecule has 0 radical (unpaired) electrons. The zero-order chi connectivity index (χ0) is 13.7. The molecule has 0 spiro atoms. The van der Waals surface area contributed by atoms with Gasteiger partial charge in [-0.15, -0.1) is 0 Å². The number of nitrogens with one attached hydrogen (secondary N) is 1. The summed E-state index contributed by atoms with van der Waals surface area (Å²) in [6.07, 6.45) is 5.76. The van der Waals surface area contributed by atoms with E-state index >= 15 is 0 Å². The molecule has 0 aromatic heterocycles. The number of hydrogen-bond acceptors (Lipinski definition) is 3. The fraction of sp³-hybridized carbons (Fsp3) is 0.429. The van der Waals surface area contributed by atoms with Crippen LogP contribution in [0.1, 0.15) is 20.8 Å². The summed E-state index contributed by atoms with van der Waals surface area (Å²) in [5.74, 6) is 0.877. The standard InChI is InChI=1S/C14H20N2O.W/c1-6-9-11-12(7-2)17-10(4)13(16-8-3)14(11)15-5;/h6-7,9-10,13,16H,1H2,2-5H3;/b11-9+,12-7+,15-14?;. The molecule has 1 saturated heterocycles. The molecule has 1 N–H and O–H groups in total. The quantitative estimate of drug-likeness (QED) is 0.766. The van der Waals surface area contributed by atoms with Crippen LogP contribution < -0.4 is 5.32 Å². The summed E-state index contributed by atoms with van der Waals surface area (Å²) in [4.78, 5) is 4.44. The SMILES string of the molecule is C=C/C=C1/C(=NC)C(N[C](C)=[W])C(C)O/C1=C/C. The second-order valence-electron chi connectivity index (χ2n) is 4.08. The average Bonchev–Trinajstić information content (AvgIpc) is 2.33. The molecule has 0 aliphatic carbocycles. The maximum atomic E-state index is 5.94. The first-order valence-electron chi connectivity index (χ1n) is 5.95. The predicted molar refractivity (Wildman–Crippen MR) is 73.5 cm³/mol. The Kier molecular flexibility index (Phi) is 5.90. The minimum atomic E-state index is 0.0613. The van der Waals surface area contributed by atoms with Gasteiger partial charge in [0.2, 0.25) is 0 Å². The van der Waals surface area contributed by atoms with E-state index in [-0.39, 0.29) is 12.1 Å². The van der Waals surface area contributed by atoms with Gasteiger partial charge in [-0.1, -0.05) is 0 Å². The van der Waals surface area contributed by atoms with Gasteiger partial charge in [0.1, 0.15) is 0 Å². The average molecular weight is 416 g/mol. The summed E-state index contributed by atoms with van der Waals surface area (Å²) < 4.78 is 7.18. The van der Waals surface area contributed by atoms with Gasteiger partial charge in [-0.05, 0) is 0 Å². The Morgan fingerprint density at radius 2 is 2.22 bits per heavy atom. The van der Waals surface area contributed by atoms with Gasteiger partial charge in [0.05, 0.1) is 0 Å². The molecule has 1 aliphatic heterocycles. The third kappa shape index (κ3) is 3.36. The Labute approximate surface area is 120 Å². The fourth-order valence-corrected chi connectivity index (χ4v) is 2.48. The van der Waals surface area contributed by atoms with Gasteiger partial charge >= 0.3 is 120 Å². The van der Waals surface area contributed by atoms with Gasteiger partial charge in [-0.25, -0.2) is 0 Å². The summed E-state index contributed by atoms with van der Waals surface area (Å²) in [6.45, 7) is 9.88. The zero-order valence-corrected chi connectivity index (χ0v) is 14.3. The van der Waals surface area contributed by atoms with Crippen molar-refractivity contribution in [2.45, 2.75) is 32.9 Å². The first-order valence-corrected chi connectivity index (χ1v) is 7.42. The monoisotopic (exact) mass is 416 g/mol. The van der Waals surface area contributed by atoms with Gasteiger partial charge in [-0.2, -0.15) is 0 Å². The first kappa shape index (κ1) is 15.3. The van der Waals surface area contributed by atoms with Crippen molar-refractivity contribution in [2.75, 3.05) is 7.05 Å². The molecule has 1 aliphatic rings. The van der Waals surface area contributed by atoms with E-state index in [2.05, 4.69) is 30.7 Å². The summed E-state index contributed by atoms with van der Waals surface area (Å²) in [7, 11) is 1.82. The van der Waals surface area contributed by atoms with Crippen LogP contribution in [0.25, 0.3) is 0 Å². The molecule has 2 unspecified atom stereocenters. The third-order valence-corrected chi connectivity index (χ3v) is 3.19. The predicted octanol–water partition coefficient (Wildman–Crippen LogP) is 2.15. The number of aliphatic imine (C=N–C) groups is 1. The topological polar surface area (TPSA) is 33.6 Å². The van der Waals surface area contributed by atoms with Crippen LogP contribution in [0.4, 0.5) is 0 Å². The van der Waals surface area contributed by atoms with Crippen LogP contribution in [0.3, 0.4) is 0 Å². The van der Waals surface area contributed by atoms with Gasteiger partial charge in [0, 0.05) is 0 Å². The summed E-state index contributed by atoms with van der Waals surface area (Å²) in [6, 6.07) is 0.0994. The van der Waals surface area contributed by atoms with Crippen molar-refractivity contribution in [3.8, 4) is 0 Å². The van der Waals surface area contributed by atoms with Crippen molar-refractivity contribution in [3.05, 3.63) is 36.1 Å². The molecule has 1 heterocycles. The van der Waals surface area contributed by atoms with Crippen molar-refractivity contribution in [1.29, 1.82) is 0 Å². The number of ether oxygens (including phenoxy) is 1. The van der Waals surface area contributed by atoms with Crippen LogP contribution in [0, 0.1) is 0 Å². The van der Waals surface area contributed by atoms with Crippen molar-refractivity contribution in [2.24, 2.45) is 4.99 Å². The summed E-state index contributed by atoms with van der Waals surface area (Å²) >= 11 is 1.43. The van der Waals surface area contributed by atoms with Crippen LogP contribution in [0.5, 0.6) is 0 Å². The fourth-order valence-electron chi connectivity index (χ4n) is 2.02. The Bertz CT molecular complexity index is 435. The summed E-state index contributed by atoms with van der Waals surface area (Å²) in [5, 5.41) is 3.46. The van der Waals surface area contributed by atoms with Crippen LogP contribution >= 0.6 is 0 Å². The zero-order valence-electron chi connectivity index (χ0n) is 11.4. The Morgan fingerprint density at radius 3 is 2.67 bits per heavy atom. The van der Waals surface area contributed by atoms with E-state index in [9.17, 15) is 0 Å². The van der Waals surface area contributed by atoms with E-state index in [1.807, 2.05) is 26.1 Å². The van der Waals surface area contributed by atoms with Gasteiger partial charge in [0.25, 0.3) is 0 Å². The van der Waals surface area contributed by atoms with Crippen molar-refractivity contribution >= 4 is 9.73 Å². The van der Waals surface area contributed by atoms with E-state index in [0.29, 0.717) is 0 Å². The van der Waals surface area contributed by atoms with Gasteiger partial charge in [0.15, 0.2) is 0 Å². The van der Waals surface area contributed by atoms with Gasteiger partial charge < -0.3 is 0 Å². The van der Waals surface area contributed by atoms with Gasteiger partial charge in [-0.3, -0.25) is 0 Å². The minimum absolute atomic E-state index is 0.0613. The summed E-state index contributed by atoms with van der Waals surface area (Å²) in [5.41, 5.74) is 2.05. The molecule has 4 heteroatoms. The van der Waals surface area contributed by atoms with Crippen LogP contribution in [0.15, 0.2) is 41.1 Å². The molecule has 0 bridgehead atoms. The van der Waals surface area contributed by atoms with Crippen molar-refractivity contribution in [3.63, 3.8) is 0 Å². The number of allylic oxidation sites excluding steroid dienone is 4. The molecular weight excluding hydrogens is 396 g/mol. The third-order valence-electron chi connectivity index (χ3n) is 2.76. The van der Waals surface area contributed by atoms with E-state index < -0.39 is 0 Å².